The van der Waals surface area contributed by atoms with Crippen molar-refractivity contribution in [3.8, 4) is 0 Å². The van der Waals surface area contributed by atoms with Gasteiger partial charge in [-0.25, -0.2) is 9.13 Å². The maximum atomic E-state index is 12.2. The molecule has 0 bridgehead atoms. The van der Waals surface area contributed by atoms with Crippen LogP contribution in [0.3, 0.4) is 0 Å². The third-order valence-corrected chi connectivity index (χ3v) is 7.54. The van der Waals surface area contributed by atoms with E-state index in [1.54, 1.807) is 6.92 Å². The van der Waals surface area contributed by atoms with Gasteiger partial charge in [-0.15, -0.1) is 11.8 Å². The van der Waals surface area contributed by atoms with E-state index in [0.717, 1.165) is 13.0 Å². The van der Waals surface area contributed by atoms with Crippen molar-refractivity contribution in [3.63, 3.8) is 0 Å². The zero-order valence-electron chi connectivity index (χ0n) is 13.2. The summed E-state index contributed by atoms with van der Waals surface area (Å²) in [5.41, 5.74) is -0.0298. The van der Waals surface area contributed by atoms with Crippen molar-refractivity contribution in [2.24, 2.45) is 13.0 Å². The minimum Gasteiger partial charge on any atom is -0.543 e. The van der Waals surface area contributed by atoms with Crippen LogP contribution in [0.15, 0.2) is 22.3 Å². The number of amides is 1. The van der Waals surface area contributed by atoms with Gasteiger partial charge in [-0.1, -0.05) is 11.8 Å². The van der Waals surface area contributed by atoms with Gasteiger partial charge in [0.15, 0.2) is 0 Å². The van der Waals surface area contributed by atoms with Crippen molar-refractivity contribution in [3.05, 3.63) is 28.2 Å². The Morgan fingerprint density at radius 3 is 2.96 bits per heavy atom. The lowest BCUT2D eigenvalue weighted by Gasteiger charge is -2.44. The van der Waals surface area contributed by atoms with Crippen LogP contribution in [0.1, 0.15) is 12.7 Å². The number of aliphatic carboxylic acids is 1. The topological polar surface area (TPSA) is 89.5 Å². The van der Waals surface area contributed by atoms with Crippen LogP contribution in [0, 0.1) is 5.92 Å². The lowest BCUT2D eigenvalue weighted by atomic mass is 9.92. The molecule has 0 aromatic carbocycles. The molecule has 1 N–H and O–H groups in total. The molecule has 7 nitrogen and oxygen atoms in total. The molecule has 3 aliphatic rings. The zero-order valence-corrected chi connectivity index (χ0v) is 14.8. The van der Waals surface area contributed by atoms with Crippen molar-refractivity contribution in [1.29, 1.82) is 0 Å². The first kappa shape index (κ1) is 16.0. The first-order valence-corrected chi connectivity index (χ1v) is 9.48. The Kier molecular flexibility index (Phi) is 3.70. The second-order valence-electron chi connectivity index (χ2n) is 6.33. The summed E-state index contributed by atoms with van der Waals surface area (Å²) in [7, 11) is 1.99. The molecular weight excluding hydrogens is 350 g/mol. The van der Waals surface area contributed by atoms with E-state index >= 15 is 0 Å². The highest BCUT2D eigenvalue weighted by Gasteiger charge is 2.56. The molecule has 4 rings (SSSR count). The van der Waals surface area contributed by atoms with Gasteiger partial charge in [-0.05, 0) is 6.92 Å². The Bertz CT molecular complexity index is 773. The Morgan fingerprint density at radius 1 is 1.58 bits per heavy atom. The number of carboxylic acids is 1. The van der Waals surface area contributed by atoms with Crippen LogP contribution >= 0.6 is 23.5 Å². The second kappa shape index (κ2) is 5.53. The molecule has 1 aromatic heterocycles. The van der Waals surface area contributed by atoms with Crippen molar-refractivity contribution in [2.45, 2.75) is 36.6 Å². The smallest absolute Gasteiger partial charge is 0.257 e. The number of aryl methyl sites for hydroxylation is 1. The number of aliphatic hydroxyl groups is 1. The van der Waals surface area contributed by atoms with Gasteiger partial charge in [0.2, 0.25) is 5.91 Å². The molecule has 0 radical (unpaired) electrons. The molecule has 4 atom stereocenters. The minimum absolute atomic E-state index is 0.0298. The van der Waals surface area contributed by atoms with Gasteiger partial charge in [-0.2, -0.15) is 0 Å². The van der Waals surface area contributed by atoms with Gasteiger partial charge in [0.05, 0.1) is 46.6 Å². The lowest BCUT2D eigenvalue weighted by molar-refractivity contribution is -0.678. The SMILES string of the molecule is C[C@@H](O)[C@H]1C(=O)N2C(C(=O)[O-])=C(SC3Cc4n(cc[n+]4C)C3)S[C@H]12. The number of rotatable bonds is 4. The number of imidazole rings is 1. The molecule has 4 heterocycles. The minimum atomic E-state index is -1.33. The Labute approximate surface area is 147 Å². The summed E-state index contributed by atoms with van der Waals surface area (Å²) in [5, 5.41) is 21.2. The van der Waals surface area contributed by atoms with Crippen LogP contribution in [0.2, 0.25) is 0 Å². The van der Waals surface area contributed by atoms with Crippen molar-refractivity contribution in [2.75, 3.05) is 0 Å². The predicted octanol–water partition coefficient (Wildman–Crippen LogP) is -1.20. The first-order valence-electron chi connectivity index (χ1n) is 7.72. The van der Waals surface area contributed by atoms with E-state index in [0.29, 0.717) is 4.24 Å². The molecule has 0 aliphatic carbocycles. The molecule has 1 fully saturated rings. The van der Waals surface area contributed by atoms with E-state index in [9.17, 15) is 19.8 Å². The molecule has 24 heavy (non-hydrogen) atoms. The molecule has 0 saturated carbocycles. The number of carboxylic acid groups (broad SMARTS) is 1. The number of nitrogens with zero attached hydrogens (tertiary/aromatic N) is 3. The Balaban J connectivity index is 1.55. The lowest BCUT2D eigenvalue weighted by Crippen LogP contribution is -2.61. The molecule has 1 unspecified atom stereocenters. The third kappa shape index (κ3) is 2.21. The van der Waals surface area contributed by atoms with Crippen molar-refractivity contribution < 1.29 is 24.4 Å². The highest BCUT2D eigenvalue weighted by molar-refractivity contribution is 8.23. The summed E-state index contributed by atoms with van der Waals surface area (Å²) < 4.78 is 4.85. The van der Waals surface area contributed by atoms with Crippen molar-refractivity contribution in [1.82, 2.24) is 9.47 Å². The molecule has 1 amide bonds. The van der Waals surface area contributed by atoms with E-state index < -0.39 is 18.0 Å². The molecule has 1 aromatic rings. The van der Waals surface area contributed by atoms with E-state index in [-0.39, 0.29) is 22.2 Å². The molecule has 9 heteroatoms. The van der Waals surface area contributed by atoms with Crippen LogP contribution in [0.5, 0.6) is 0 Å². The van der Waals surface area contributed by atoms with E-state index in [1.807, 2.05) is 19.4 Å². The molecule has 0 spiro atoms. The number of carbonyl (C=O) groups excluding carboxylic acids is 2. The zero-order chi connectivity index (χ0) is 17.2. The Hall–Kier alpha value is -1.45. The first-order chi connectivity index (χ1) is 11.4. The maximum Gasteiger partial charge on any atom is 0.257 e. The molecule has 1 saturated heterocycles. The molecule has 3 aliphatic heterocycles. The average Bonchev–Trinajstić information content (AvgIpc) is 3.13. The fourth-order valence-electron chi connectivity index (χ4n) is 3.52. The third-order valence-electron chi connectivity index (χ3n) is 4.75. The van der Waals surface area contributed by atoms with Gasteiger partial charge in [0.25, 0.3) is 5.82 Å². The van der Waals surface area contributed by atoms with Gasteiger partial charge >= 0.3 is 0 Å². The summed E-state index contributed by atoms with van der Waals surface area (Å²) >= 11 is 2.86. The monoisotopic (exact) mass is 367 g/mol. The largest absolute Gasteiger partial charge is 0.543 e. The standard InChI is InChI=1S/C15H17N3O4S2/c1-7(19)10-12(20)18-11(14(21)22)15(24-13(10)18)23-8-5-9-16(2)3-4-17(9)6-8/h3-4,7-8,10,13,19H,5-6H2,1-2H3/t7-,8?,10+,13-/m1/s1. The summed E-state index contributed by atoms with van der Waals surface area (Å²) in [6.45, 7) is 2.37. The number of carbonyl (C=O) groups is 2. The van der Waals surface area contributed by atoms with Crippen LogP contribution in [0.4, 0.5) is 0 Å². The molecule has 128 valence electrons. The Morgan fingerprint density at radius 2 is 2.33 bits per heavy atom. The maximum absolute atomic E-state index is 12.2. The summed E-state index contributed by atoms with van der Waals surface area (Å²) in [6.07, 6.45) is 4.08. The summed E-state index contributed by atoms with van der Waals surface area (Å²) in [4.78, 5) is 25.0. The number of thioether (sulfide) groups is 2. The summed E-state index contributed by atoms with van der Waals surface area (Å²) in [5.74, 6) is -1.00. The van der Waals surface area contributed by atoms with Gasteiger partial charge in [0, 0.05) is 0 Å². The fourth-order valence-corrected chi connectivity index (χ4v) is 6.83. The van der Waals surface area contributed by atoms with Crippen LogP contribution in [-0.4, -0.2) is 43.2 Å². The van der Waals surface area contributed by atoms with E-state index in [4.69, 9.17) is 0 Å². The number of hydrogen-bond acceptors (Lipinski definition) is 6. The van der Waals surface area contributed by atoms with Gasteiger partial charge in [0.1, 0.15) is 24.3 Å². The number of β-lactam (4-membered cyclic amide) rings is 1. The van der Waals surface area contributed by atoms with Crippen LogP contribution in [-0.2, 0) is 29.6 Å². The quantitative estimate of drug-likeness (QED) is 0.531. The highest BCUT2D eigenvalue weighted by Crippen LogP contribution is 2.54. The second-order valence-corrected chi connectivity index (χ2v) is 9.02. The predicted molar refractivity (Wildman–Crippen MR) is 86.1 cm³/mol. The fraction of sp³-hybridized carbons (Fsp3) is 0.533. The van der Waals surface area contributed by atoms with E-state index in [2.05, 4.69) is 9.13 Å². The van der Waals surface area contributed by atoms with Crippen LogP contribution in [0.25, 0.3) is 0 Å². The van der Waals surface area contributed by atoms with Gasteiger partial charge < -0.3 is 15.0 Å². The van der Waals surface area contributed by atoms with Crippen LogP contribution < -0.4 is 9.67 Å². The summed E-state index contributed by atoms with van der Waals surface area (Å²) in [6, 6.07) is 0. The molecular formula is C15H17N3O4S2. The van der Waals surface area contributed by atoms with E-state index in [1.165, 1.54) is 34.2 Å². The number of aromatic nitrogens is 2. The number of hydrogen-bond donors (Lipinski definition) is 1. The average molecular weight is 367 g/mol. The number of aliphatic hydroxyl groups excluding tert-OH is 1. The van der Waals surface area contributed by atoms with Crippen molar-refractivity contribution >= 4 is 35.4 Å². The number of fused-ring (bicyclic) bond motifs is 2. The highest BCUT2D eigenvalue weighted by atomic mass is 32.2. The van der Waals surface area contributed by atoms with Gasteiger partial charge in [-0.3, -0.25) is 9.69 Å². The normalized spacial score (nSPS) is 29.5.